The zero-order valence-electron chi connectivity index (χ0n) is 16.3. The number of unbranched alkanes of at least 4 members (excludes halogenated alkanes) is 1. The molecule has 3 heterocycles. The molecule has 2 aromatic rings. The molecule has 0 unspecified atom stereocenters. The topological polar surface area (TPSA) is 78.4 Å². The van der Waals surface area contributed by atoms with E-state index in [0.29, 0.717) is 11.5 Å². The normalized spacial score (nSPS) is 14.3. The molecule has 1 fully saturated rings. The second-order valence-corrected chi connectivity index (χ2v) is 6.76. The molecule has 0 aliphatic carbocycles. The molecule has 1 saturated heterocycles. The summed E-state index contributed by atoms with van der Waals surface area (Å²) >= 11 is 0. The van der Waals surface area contributed by atoms with Crippen molar-refractivity contribution in [2.24, 2.45) is 0 Å². The quantitative estimate of drug-likeness (QED) is 0.768. The number of nitrogens with zero attached hydrogens (tertiary/aromatic N) is 7. The van der Waals surface area contributed by atoms with Crippen molar-refractivity contribution in [2.75, 3.05) is 49.6 Å². The van der Waals surface area contributed by atoms with E-state index >= 15 is 0 Å². The Hall–Kier alpha value is -2.77. The Kier molecular flexibility index (Phi) is 6.16. The van der Waals surface area contributed by atoms with Gasteiger partial charge in [0.1, 0.15) is 17.3 Å². The summed E-state index contributed by atoms with van der Waals surface area (Å²) < 4.78 is 0. The van der Waals surface area contributed by atoms with Crippen LogP contribution in [0.3, 0.4) is 0 Å². The van der Waals surface area contributed by atoms with Gasteiger partial charge >= 0.3 is 0 Å². The van der Waals surface area contributed by atoms with Crippen LogP contribution in [0.1, 0.15) is 36.1 Å². The molecule has 0 saturated carbocycles. The molecule has 1 aliphatic heterocycles. The summed E-state index contributed by atoms with van der Waals surface area (Å²) in [7, 11) is 1.83. The van der Waals surface area contributed by atoms with Gasteiger partial charge in [-0.15, -0.1) is 0 Å². The molecule has 1 aliphatic rings. The third-order valence-electron chi connectivity index (χ3n) is 4.68. The average Bonchev–Trinajstić information content (AvgIpc) is 2.71. The Labute approximate surface area is 160 Å². The van der Waals surface area contributed by atoms with Crippen LogP contribution in [0.2, 0.25) is 0 Å². The summed E-state index contributed by atoms with van der Waals surface area (Å²) in [6, 6.07) is 3.63. The third kappa shape index (κ3) is 4.69. The number of hydrogen-bond acceptors (Lipinski definition) is 7. The van der Waals surface area contributed by atoms with Crippen LogP contribution >= 0.6 is 0 Å². The molecule has 2 aromatic heterocycles. The molecule has 0 radical (unpaired) electrons. The van der Waals surface area contributed by atoms with Crippen LogP contribution in [0.15, 0.2) is 24.5 Å². The van der Waals surface area contributed by atoms with Crippen molar-refractivity contribution < 1.29 is 4.79 Å². The van der Waals surface area contributed by atoms with Crippen LogP contribution in [0.25, 0.3) is 0 Å². The first-order chi connectivity index (χ1) is 13.1. The van der Waals surface area contributed by atoms with E-state index < -0.39 is 0 Å². The Morgan fingerprint density at radius 1 is 1.11 bits per heavy atom. The number of rotatable bonds is 6. The summed E-state index contributed by atoms with van der Waals surface area (Å²) in [5.41, 5.74) is 0.463. The molecule has 1 amide bonds. The van der Waals surface area contributed by atoms with Gasteiger partial charge in [0, 0.05) is 58.2 Å². The molecular weight excluding hydrogens is 342 g/mol. The Morgan fingerprint density at radius 3 is 2.44 bits per heavy atom. The van der Waals surface area contributed by atoms with Crippen molar-refractivity contribution in [3.8, 4) is 0 Å². The summed E-state index contributed by atoms with van der Waals surface area (Å²) in [5, 5.41) is 0. The van der Waals surface area contributed by atoms with Crippen molar-refractivity contribution in [1.82, 2.24) is 24.8 Å². The van der Waals surface area contributed by atoms with Gasteiger partial charge in [0.2, 0.25) is 5.95 Å². The number of amides is 1. The Morgan fingerprint density at radius 2 is 1.78 bits per heavy atom. The minimum atomic E-state index is -0.0495. The number of carbonyl (C=O) groups excluding carboxylic acids is 1. The Balaban J connectivity index is 1.69. The van der Waals surface area contributed by atoms with Gasteiger partial charge in [0.15, 0.2) is 0 Å². The van der Waals surface area contributed by atoms with Gasteiger partial charge in [-0.05, 0) is 19.4 Å². The highest BCUT2D eigenvalue weighted by atomic mass is 16.2. The molecule has 0 atom stereocenters. The third-order valence-corrected chi connectivity index (χ3v) is 4.68. The molecule has 27 heavy (non-hydrogen) atoms. The van der Waals surface area contributed by atoms with E-state index in [2.05, 4.69) is 36.7 Å². The molecule has 8 nitrogen and oxygen atoms in total. The van der Waals surface area contributed by atoms with Crippen LogP contribution in [-0.2, 0) is 0 Å². The number of anilines is 2. The van der Waals surface area contributed by atoms with E-state index in [1.165, 1.54) is 0 Å². The lowest BCUT2D eigenvalue weighted by Gasteiger charge is -2.35. The van der Waals surface area contributed by atoms with E-state index in [0.717, 1.165) is 57.3 Å². The highest BCUT2D eigenvalue weighted by Crippen LogP contribution is 2.18. The van der Waals surface area contributed by atoms with Gasteiger partial charge < -0.3 is 14.7 Å². The summed E-state index contributed by atoms with van der Waals surface area (Å²) in [6.45, 7) is 7.91. The minimum absolute atomic E-state index is 0.0495. The summed E-state index contributed by atoms with van der Waals surface area (Å²) in [5.74, 6) is 2.13. The van der Waals surface area contributed by atoms with Crippen LogP contribution in [0.4, 0.5) is 11.8 Å². The molecule has 0 aromatic carbocycles. The number of aryl methyl sites for hydroxylation is 1. The van der Waals surface area contributed by atoms with E-state index in [4.69, 9.17) is 0 Å². The van der Waals surface area contributed by atoms with Gasteiger partial charge in [-0.25, -0.2) is 19.9 Å². The fraction of sp³-hybridized carbons (Fsp3) is 0.526. The molecule has 3 rings (SSSR count). The van der Waals surface area contributed by atoms with Crippen LogP contribution in [0, 0.1) is 6.92 Å². The van der Waals surface area contributed by atoms with Crippen molar-refractivity contribution in [1.29, 1.82) is 0 Å². The SMILES string of the molecule is CCCCN(C)C(=O)c1cc(N2CCN(c3ncccn3)CC2)nc(C)n1. The standard InChI is InChI=1S/C19H27N7O/c1-4-5-9-24(3)18(27)16-14-17(23-15(2)22-16)25-10-12-26(13-11-25)19-20-7-6-8-21-19/h6-8,14H,4-5,9-13H2,1-3H3. The van der Waals surface area contributed by atoms with E-state index in [1.54, 1.807) is 17.3 Å². The van der Waals surface area contributed by atoms with Gasteiger partial charge in [-0.1, -0.05) is 13.3 Å². The molecule has 0 bridgehead atoms. The fourth-order valence-corrected chi connectivity index (χ4v) is 3.11. The van der Waals surface area contributed by atoms with Crippen molar-refractivity contribution in [2.45, 2.75) is 26.7 Å². The highest BCUT2D eigenvalue weighted by molar-refractivity contribution is 5.92. The number of aromatic nitrogens is 4. The molecule has 0 N–H and O–H groups in total. The lowest BCUT2D eigenvalue weighted by molar-refractivity contribution is 0.0787. The number of piperazine rings is 1. The van der Waals surface area contributed by atoms with Crippen LogP contribution in [0.5, 0.6) is 0 Å². The Bertz CT molecular complexity index is 760. The highest BCUT2D eigenvalue weighted by Gasteiger charge is 2.22. The molecule has 144 valence electrons. The minimum Gasteiger partial charge on any atom is -0.353 e. The second kappa shape index (κ2) is 8.75. The van der Waals surface area contributed by atoms with Crippen molar-refractivity contribution >= 4 is 17.7 Å². The maximum Gasteiger partial charge on any atom is 0.272 e. The number of hydrogen-bond donors (Lipinski definition) is 0. The number of carbonyl (C=O) groups is 1. The summed E-state index contributed by atoms with van der Waals surface area (Å²) in [4.78, 5) is 36.3. The lowest BCUT2D eigenvalue weighted by atomic mass is 10.2. The van der Waals surface area contributed by atoms with Crippen molar-refractivity contribution in [3.63, 3.8) is 0 Å². The largest absolute Gasteiger partial charge is 0.353 e. The average molecular weight is 369 g/mol. The van der Waals surface area contributed by atoms with Crippen LogP contribution < -0.4 is 9.80 Å². The maximum atomic E-state index is 12.7. The zero-order chi connectivity index (χ0) is 19.2. The van der Waals surface area contributed by atoms with Crippen molar-refractivity contribution in [3.05, 3.63) is 36.0 Å². The van der Waals surface area contributed by atoms with E-state index in [9.17, 15) is 4.79 Å². The fourth-order valence-electron chi connectivity index (χ4n) is 3.11. The second-order valence-electron chi connectivity index (χ2n) is 6.76. The maximum absolute atomic E-state index is 12.7. The molecule has 8 heteroatoms. The predicted octanol–water partition coefficient (Wildman–Crippen LogP) is 1.77. The lowest BCUT2D eigenvalue weighted by Crippen LogP contribution is -2.47. The zero-order valence-corrected chi connectivity index (χ0v) is 16.3. The monoisotopic (exact) mass is 369 g/mol. The first-order valence-corrected chi connectivity index (χ1v) is 9.46. The summed E-state index contributed by atoms with van der Waals surface area (Å²) in [6.07, 6.45) is 5.56. The predicted molar refractivity (Wildman–Crippen MR) is 105 cm³/mol. The first kappa shape index (κ1) is 19.0. The van der Waals surface area contributed by atoms with E-state index in [1.807, 2.05) is 26.1 Å². The first-order valence-electron chi connectivity index (χ1n) is 9.46. The molecular formula is C19H27N7O. The molecule has 0 spiro atoms. The smallest absolute Gasteiger partial charge is 0.272 e. The van der Waals surface area contributed by atoms with Gasteiger partial charge in [0.05, 0.1) is 0 Å². The van der Waals surface area contributed by atoms with Gasteiger partial charge in [-0.3, -0.25) is 4.79 Å². The van der Waals surface area contributed by atoms with Crippen LogP contribution in [-0.4, -0.2) is 70.5 Å². The van der Waals surface area contributed by atoms with Gasteiger partial charge in [0.25, 0.3) is 5.91 Å². The van der Waals surface area contributed by atoms with E-state index in [-0.39, 0.29) is 5.91 Å². The van der Waals surface area contributed by atoms with Gasteiger partial charge in [-0.2, -0.15) is 0 Å².